The second-order valence-electron chi connectivity index (χ2n) is 4.89. The van der Waals surface area contributed by atoms with Crippen molar-refractivity contribution in [2.45, 2.75) is 0 Å². The number of para-hydroxylation sites is 1. The van der Waals surface area contributed by atoms with Gasteiger partial charge in [-0.3, -0.25) is 4.79 Å². The Labute approximate surface area is 139 Å². The van der Waals surface area contributed by atoms with E-state index in [9.17, 15) is 4.79 Å². The molecule has 0 atom stereocenters. The number of amides is 1. The fourth-order valence-electron chi connectivity index (χ4n) is 2.22. The van der Waals surface area contributed by atoms with Crippen LogP contribution in [0.1, 0.15) is 5.56 Å². The Balaban J connectivity index is 1.78. The number of benzene rings is 1. The number of methoxy groups -OCH3 is 1. The van der Waals surface area contributed by atoms with E-state index in [0.29, 0.717) is 17.3 Å². The van der Waals surface area contributed by atoms with E-state index in [1.54, 1.807) is 54.7 Å². The summed E-state index contributed by atoms with van der Waals surface area (Å²) in [5.74, 6) is 1.00. The summed E-state index contributed by atoms with van der Waals surface area (Å²) >= 11 is 0. The predicted molar refractivity (Wildman–Crippen MR) is 92.0 cm³/mol. The van der Waals surface area contributed by atoms with Crippen LogP contribution in [-0.4, -0.2) is 27.8 Å². The predicted octanol–water partition coefficient (Wildman–Crippen LogP) is 2.93. The number of hydrogen-bond donors (Lipinski definition) is 1. The van der Waals surface area contributed by atoms with E-state index in [-0.39, 0.29) is 5.91 Å². The Bertz CT molecular complexity index is 857. The van der Waals surface area contributed by atoms with Crippen molar-refractivity contribution < 1.29 is 9.53 Å². The molecule has 6 heteroatoms. The van der Waals surface area contributed by atoms with Crippen LogP contribution in [0.3, 0.4) is 0 Å². The van der Waals surface area contributed by atoms with Crippen molar-refractivity contribution in [2.24, 2.45) is 0 Å². The molecule has 1 amide bonds. The third kappa shape index (κ3) is 3.49. The van der Waals surface area contributed by atoms with Gasteiger partial charge < -0.3 is 10.1 Å². The first-order valence-electron chi connectivity index (χ1n) is 7.35. The van der Waals surface area contributed by atoms with Gasteiger partial charge >= 0.3 is 0 Å². The van der Waals surface area contributed by atoms with Crippen molar-refractivity contribution in [1.29, 1.82) is 0 Å². The first-order valence-corrected chi connectivity index (χ1v) is 7.35. The highest BCUT2D eigenvalue weighted by Gasteiger charge is 2.08. The maximum absolute atomic E-state index is 12.2. The lowest BCUT2D eigenvalue weighted by atomic mass is 10.2. The van der Waals surface area contributed by atoms with Crippen LogP contribution >= 0.6 is 0 Å². The number of carbonyl (C=O) groups is 1. The Hall–Kier alpha value is -3.41. The molecule has 0 radical (unpaired) electrons. The smallest absolute Gasteiger partial charge is 0.248 e. The van der Waals surface area contributed by atoms with Gasteiger partial charge in [0.05, 0.1) is 12.8 Å². The summed E-state index contributed by atoms with van der Waals surface area (Å²) in [6, 6.07) is 12.8. The van der Waals surface area contributed by atoms with Gasteiger partial charge in [-0.2, -0.15) is 5.10 Å². The van der Waals surface area contributed by atoms with E-state index in [0.717, 1.165) is 5.56 Å². The molecule has 120 valence electrons. The van der Waals surface area contributed by atoms with E-state index in [1.807, 2.05) is 24.3 Å². The molecule has 24 heavy (non-hydrogen) atoms. The lowest BCUT2D eigenvalue weighted by Gasteiger charge is -2.08. The van der Waals surface area contributed by atoms with Crippen molar-refractivity contribution in [3.8, 4) is 11.6 Å². The molecule has 1 N–H and O–H groups in total. The molecule has 0 unspecified atom stereocenters. The van der Waals surface area contributed by atoms with Gasteiger partial charge in [-0.05, 0) is 30.3 Å². The van der Waals surface area contributed by atoms with Gasteiger partial charge in [0.15, 0.2) is 5.82 Å². The number of aromatic nitrogens is 3. The van der Waals surface area contributed by atoms with Crippen LogP contribution in [0, 0.1) is 0 Å². The van der Waals surface area contributed by atoms with Gasteiger partial charge in [0.1, 0.15) is 5.75 Å². The third-order valence-electron chi connectivity index (χ3n) is 3.32. The molecule has 2 heterocycles. The first kappa shape index (κ1) is 15.5. The van der Waals surface area contributed by atoms with Crippen LogP contribution in [-0.2, 0) is 4.79 Å². The minimum atomic E-state index is -0.262. The molecule has 0 saturated carbocycles. The molecular weight excluding hydrogens is 304 g/mol. The van der Waals surface area contributed by atoms with Crippen LogP contribution in [0.25, 0.3) is 11.9 Å². The second-order valence-corrected chi connectivity index (χ2v) is 4.89. The highest BCUT2D eigenvalue weighted by atomic mass is 16.5. The number of anilines is 1. The van der Waals surface area contributed by atoms with Crippen molar-refractivity contribution in [3.05, 3.63) is 72.7 Å². The van der Waals surface area contributed by atoms with Gasteiger partial charge in [0.25, 0.3) is 0 Å². The number of nitrogens with zero attached hydrogens (tertiary/aromatic N) is 3. The molecule has 0 aliphatic carbocycles. The van der Waals surface area contributed by atoms with E-state index in [4.69, 9.17) is 4.74 Å². The number of pyridine rings is 1. The van der Waals surface area contributed by atoms with E-state index < -0.39 is 0 Å². The molecule has 6 nitrogen and oxygen atoms in total. The Kier molecular flexibility index (Phi) is 4.67. The minimum absolute atomic E-state index is 0.262. The summed E-state index contributed by atoms with van der Waals surface area (Å²) < 4.78 is 6.86. The van der Waals surface area contributed by atoms with Crippen LogP contribution in [0.15, 0.2) is 67.1 Å². The van der Waals surface area contributed by atoms with E-state index in [1.165, 1.54) is 6.08 Å². The number of carbonyl (C=O) groups excluding carboxylic acids is 1. The van der Waals surface area contributed by atoms with E-state index in [2.05, 4.69) is 15.4 Å². The summed E-state index contributed by atoms with van der Waals surface area (Å²) in [5, 5.41) is 6.96. The summed E-state index contributed by atoms with van der Waals surface area (Å²) in [7, 11) is 1.60. The van der Waals surface area contributed by atoms with Gasteiger partial charge in [-0.15, -0.1) is 0 Å². The Morgan fingerprint density at radius 2 is 2.04 bits per heavy atom. The second kappa shape index (κ2) is 7.23. The fraction of sp³-hybridized carbons (Fsp3) is 0.0556. The zero-order chi connectivity index (χ0) is 16.8. The minimum Gasteiger partial charge on any atom is -0.496 e. The summed E-state index contributed by atoms with van der Waals surface area (Å²) in [6.45, 7) is 0. The third-order valence-corrected chi connectivity index (χ3v) is 3.32. The number of hydrogen-bond acceptors (Lipinski definition) is 4. The van der Waals surface area contributed by atoms with E-state index >= 15 is 0 Å². The Morgan fingerprint density at radius 3 is 2.83 bits per heavy atom. The zero-order valence-corrected chi connectivity index (χ0v) is 13.1. The van der Waals surface area contributed by atoms with Gasteiger partial charge in [-0.1, -0.05) is 18.2 Å². The van der Waals surface area contributed by atoms with Crippen molar-refractivity contribution >= 4 is 17.7 Å². The molecule has 0 fully saturated rings. The van der Waals surface area contributed by atoms with Crippen molar-refractivity contribution in [1.82, 2.24) is 14.8 Å². The summed E-state index contributed by atoms with van der Waals surface area (Å²) in [5.41, 5.74) is 1.41. The van der Waals surface area contributed by atoms with Crippen LogP contribution in [0.4, 0.5) is 5.69 Å². The standard InChI is InChI=1S/C18H16N4O2/c1-24-16-8-3-2-6-14(16)9-10-17(23)21-15-7-4-11-19-18(15)22-13-5-12-20-22/h2-13H,1H3,(H,21,23)/b10-9+. The van der Waals surface area contributed by atoms with Crippen molar-refractivity contribution in [3.63, 3.8) is 0 Å². The average Bonchev–Trinajstić information content (AvgIpc) is 3.15. The van der Waals surface area contributed by atoms with Gasteiger partial charge in [0, 0.05) is 30.2 Å². The first-order chi connectivity index (χ1) is 11.8. The number of nitrogens with one attached hydrogen (secondary N) is 1. The molecular formula is C18H16N4O2. The maximum Gasteiger partial charge on any atom is 0.248 e. The number of rotatable bonds is 5. The van der Waals surface area contributed by atoms with Gasteiger partial charge in [-0.25, -0.2) is 9.67 Å². The number of ether oxygens (including phenoxy) is 1. The molecule has 2 aromatic heterocycles. The topological polar surface area (TPSA) is 69.0 Å². The maximum atomic E-state index is 12.2. The highest BCUT2D eigenvalue weighted by Crippen LogP contribution is 2.19. The van der Waals surface area contributed by atoms with Crippen LogP contribution in [0.2, 0.25) is 0 Å². The summed E-state index contributed by atoms with van der Waals surface area (Å²) in [6.07, 6.45) is 8.23. The Morgan fingerprint density at radius 1 is 1.17 bits per heavy atom. The molecule has 3 aromatic rings. The van der Waals surface area contributed by atoms with Crippen LogP contribution < -0.4 is 10.1 Å². The SMILES string of the molecule is COc1ccccc1/C=C/C(=O)Nc1cccnc1-n1cccn1. The quantitative estimate of drug-likeness (QED) is 0.734. The molecule has 0 spiro atoms. The van der Waals surface area contributed by atoms with Gasteiger partial charge in [0.2, 0.25) is 5.91 Å². The molecule has 0 aliphatic rings. The normalized spacial score (nSPS) is 10.7. The molecule has 0 saturated heterocycles. The summed E-state index contributed by atoms with van der Waals surface area (Å²) in [4.78, 5) is 16.5. The molecule has 1 aromatic carbocycles. The fourth-order valence-corrected chi connectivity index (χ4v) is 2.22. The lowest BCUT2D eigenvalue weighted by molar-refractivity contribution is -0.111. The largest absolute Gasteiger partial charge is 0.496 e. The van der Waals surface area contributed by atoms with Crippen LogP contribution in [0.5, 0.6) is 5.75 Å². The average molecular weight is 320 g/mol. The lowest BCUT2D eigenvalue weighted by Crippen LogP contribution is -2.12. The molecule has 3 rings (SSSR count). The highest BCUT2D eigenvalue weighted by molar-refractivity contribution is 6.03. The molecule has 0 bridgehead atoms. The zero-order valence-electron chi connectivity index (χ0n) is 13.1. The van der Waals surface area contributed by atoms with Crippen molar-refractivity contribution in [2.75, 3.05) is 12.4 Å². The molecule has 0 aliphatic heterocycles. The monoisotopic (exact) mass is 320 g/mol.